The first-order valence-electron chi connectivity index (χ1n) is 9.31. The monoisotopic (exact) mass is 389 g/mol. The highest BCUT2D eigenvalue weighted by molar-refractivity contribution is 7.17. The molecule has 1 aliphatic heterocycles. The molecule has 2 aromatic rings. The first kappa shape index (κ1) is 19.7. The Kier molecular flexibility index (Phi) is 5.48. The molecule has 0 radical (unpaired) electrons. The fraction of sp³-hybridized carbons (Fsp3) is 0.579. The molecular weight excluding hydrogens is 362 g/mol. The van der Waals surface area contributed by atoms with Crippen molar-refractivity contribution in [2.24, 2.45) is 12.8 Å². The summed E-state index contributed by atoms with van der Waals surface area (Å²) in [6.45, 7) is 8.23. The molecule has 0 bridgehead atoms. The second kappa shape index (κ2) is 7.52. The van der Waals surface area contributed by atoms with Crippen LogP contribution in [0.4, 0.5) is 0 Å². The third-order valence-electron chi connectivity index (χ3n) is 5.35. The van der Waals surface area contributed by atoms with Crippen LogP contribution in [-0.4, -0.2) is 44.2 Å². The van der Waals surface area contributed by atoms with Gasteiger partial charge in [-0.1, -0.05) is 0 Å². The number of carbonyl (C=O) groups excluding carboxylic acids is 1. The highest BCUT2D eigenvalue weighted by atomic mass is 32.1. The van der Waals surface area contributed by atoms with Crippen LogP contribution in [0.1, 0.15) is 52.8 Å². The van der Waals surface area contributed by atoms with Crippen molar-refractivity contribution in [2.45, 2.75) is 59.0 Å². The predicted octanol–water partition coefficient (Wildman–Crippen LogP) is 2.17. The van der Waals surface area contributed by atoms with Gasteiger partial charge in [0.15, 0.2) is 0 Å². The summed E-state index contributed by atoms with van der Waals surface area (Å²) in [6.07, 6.45) is 3.01. The molecule has 146 valence electrons. The molecule has 2 unspecified atom stereocenters. The van der Waals surface area contributed by atoms with E-state index in [2.05, 4.69) is 10.1 Å². The van der Waals surface area contributed by atoms with Gasteiger partial charge in [-0.2, -0.15) is 5.10 Å². The summed E-state index contributed by atoms with van der Waals surface area (Å²) in [7, 11) is 1.63. The van der Waals surface area contributed by atoms with E-state index in [1.54, 1.807) is 7.05 Å². The lowest BCUT2D eigenvalue weighted by Gasteiger charge is -2.37. The molecule has 3 rings (SSSR count). The summed E-state index contributed by atoms with van der Waals surface area (Å²) in [5.41, 5.74) is 8.69. The number of likely N-dealkylation sites (tertiary alicyclic amines) is 1. The van der Waals surface area contributed by atoms with Crippen molar-refractivity contribution in [1.29, 1.82) is 0 Å². The molecule has 2 aromatic heterocycles. The fourth-order valence-electron chi connectivity index (χ4n) is 3.69. The number of amides is 1. The van der Waals surface area contributed by atoms with Gasteiger partial charge in [-0.3, -0.25) is 9.59 Å². The van der Waals surface area contributed by atoms with Gasteiger partial charge in [0, 0.05) is 25.7 Å². The summed E-state index contributed by atoms with van der Waals surface area (Å²) < 4.78 is 1.33. The maximum absolute atomic E-state index is 13.2. The summed E-state index contributed by atoms with van der Waals surface area (Å²) in [6, 6.07) is -0.0201. The van der Waals surface area contributed by atoms with E-state index in [1.807, 2.05) is 32.6 Å². The first-order valence-corrected chi connectivity index (χ1v) is 10.1. The summed E-state index contributed by atoms with van der Waals surface area (Å²) in [4.78, 5) is 32.9. The van der Waals surface area contributed by atoms with E-state index in [4.69, 9.17) is 5.73 Å². The van der Waals surface area contributed by atoms with Gasteiger partial charge in [0.05, 0.1) is 17.0 Å². The Balaban J connectivity index is 2.03. The Morgan fingerprint density at radius 3 is 2.63 bits per heavy atom. The van der Waals surface area contributed by atoms with Crippen molar-refractivity contribution in [1.82, 2.24) is 19.7 Å². The van der Waals surface area contributed by atoms with Crippen LogP contribution in [0.2, 0.25) is 0 Å². The standard InChI is InChI=1S/C19H27N5O2S/c1-10-12(3)22-23(5)18(25)15(10)17-21-13(4)16(27-17)19(26)24-9-7-6-8-14(24)11(2)20/h11,14H,6-9,20H2,1-5H3. The lowest BCUT2D eigenvalue weighted by molar-refractivity contribution is 0.0588. The van der Waals surface area contributed by atoms with E-state index in [-0.39, 0.29) is 23.6 Å². The van der Waals surface area contributed by atoms with E-state index in [9.17, 15) is 9.59 Å². The fourth-order valence-corrected chi connectivity index (χ4v) is 4.81. The average molecular weight is 390 g/mol. The zero-order valence-electron chi connectivity index (χ0n) is 16.6. The van der Waals surface area contributed by atoms with Crippen molar-refractivity contribution in [3.8, 4) is 10.6 Å². The number of aryl methyl sites for hydroxylation is 3. The molecule has 1 saturated heterocycles. The minimum atomic E-state index is -0.197. The Morgan fingerprint density at radius 1 is 1.26 bits per heavy atom. The number of hydrogen-bond acceptors (Lipinski definition) is 6. The van der Waals surface area contributed by atoms with Crippen LogP contribution in [-0.2, 0) is 7.05 Å². The second-order valence-electron chi connectivity index (χ2n) is 7.37. The molecule has 1 fully saturated rings. The number of hydrogen-bond donors (Lipinski definition) is 1. The number of aromatic nitrogens is 3. The lowest BCUT2D eigenvalue weighted by atomic mass is 9.96. The Morgan fingerprint density at radius 2 is 1.96 bits per heavy atom. The highest BCUT2D eigenvalue weighted by Gasteiger charge is 2.32. The Bertz CT molecular complexity index is 931. The van der Waals surface area contributed by atoms with Gasteiger partial charge >= 0.3 is 0 Å². The predicted molar refractivity (Wildman–Crippen MR) is 107 cm³/mol. The van der Waals surface area contributed by atoms with E-state index < -0.39 is 0 Å². The molecule has 0 spiro atoms. The van der Waals surface area contributed by atoms with Gasteiger partial charge in [0.1, 0.15) is 9.88 Å². The normalized spacial score (nSPS) is 18.6. The summed E-state index contributed by atoms with van der Waals surface area (Å²) in [5, 5.41) is 4.80. The molecule has 0 aromatic carbocycles. The van der Waals surface area contributed by atoms with Gasteiger partial charge in [-0.15, -0.1) is 11.3 Å². The van der Waals surface area contributed by atoms with Crippen molar-refractivity contribution < 1.29 is 4.79 Å². The second-order valence-corrected chi connectivity index (χ2v) is 8.37. The minimum absolute atomic E-state index is 0.0292. The molecule has 2 N–H and O–H groups in total. The number of thiazole rings is 1. The lowest BCUT2D eigenvalue weighted by Crippen LogP contribution is -2.51. The van der Waals surface area contributed by atoms with Crippen LogP contribution in [0.25, 0.3) is 10.6 Å². The van der Waals surface area contributed by atoms with Crippen LogP contribution in [0.5, 0.6) is 0 Å². The molecule has 0 saturated carbocycles. The zero-order chi connectivity index (χ0) is 19.9. The van der Waals surface area contributed by atoms with E-state index in [0.717, 1.165) is 30.5 Å². The molecule has 8 heteroatoms. The molecule has 1 amide bonds. The minimum Gasteiger partial charge on any atom is -0.333 e. The Hall–Kier alpha value is -2.06. The number of carbonyl (C=O) groups is 1. The zero-order valence-corrected chi connectivity index (χ0v) is 17.4. The number of nitrogens with two attached hydrogens (primary N) is 1. The van der Waals surface area contributed by atoms with E-state index in [1.165, 1.54) is 16.0 Å². The largest absolute Gasteiger partial charge is 0.333 e. The van der Waals surface area contributed by atoms with E-state index in [0.29, 0.717) is 27.7 Å². The van der Waals surface area contributed by atoms with Crippen molar-refractivity contribution in [3.63, 3.8) is 0 Å². The topological polar surface area (TPSA) is 94.1 Å². The molecule has 3 heterocycles. The number of nitrogens with zero attached hydrogens (tertiary/aromatic N) is 4. The van der Waals surface area contributed by atoms with Crippen LogP contribution >= 0.6 is 11.3 Å². The molecule has 7 nitrogen and oxygen atoms in total. The molecule has 2 atom stereocenters. The Labute approximate surface area is 163 Å². The van der Waals surface area contributed by atoms with Crippen LogP contribution in [0, 0.1) is 20.8 Å². The van der Waals surface area contributed by atoms with Crippen molar-refractivity contribution >= 4 is 17.2 Å². The quantitative estimate of drug-likeness (QED) is 0.868. The highest BCUT2D eigenvalue weighted by Crippen LogP contribution is 2.31. The average Bonchev–Trinajstić information content (AvgIpc) is 3.01. The summed E-state index contributed by atoms with van der Waals surface area (Å²) >= 11 is 1.29. The van der Waals surface area contributed by atoms with Gasteiger partial charge in [0.2, 0.25) is 0 Å². The molecule has 0 aliphatic carbocycles. The van der Waals surface area contributed by atoms with Crippen LogP contribution in [0.15, 0.2) is 4.79 Å². The maximum atomic E-state index is 13.2. The first-order chi connectivity index (χ1) is 12.7. The number of rotatable bonds is 3. The third-order valence-corrected chi connectivity index (χ3v) is 6.51. The van der Waals surface area contributed by atoms with Gasteiger partial charge in [-0.25, -0.2) is 9.67 Å². The van der Waals surface area contributed by atoms with Crippen molar-refractivity contribution in [3.05, 3.63) is 32.2 Å². The van der Waals surface area contributed by atoms with Crippen LogP contribution < -0.4 is 11.3 Å². The van der Waals surface area contributed by atoms with Gasteiger partial charge in [0.25, 0.3) is 11.5 Å². The summed E-state index contributed by atoms with van der Waals surface area (Å²) in [5.74, 6) is -0.0292. The van der Waals surface area contributed by atoms with Gasteiger partial charge < -0.3 is 10.6 Å². The number of piperidine rings is 1. The van der Waals surface area contributed by atoms with Gasteiger partial charge in [-0.05, 0) is 52.5 Å². The smallest absolute Gasteiger partial charge is 0.277 e. The van der Waals surface area contributed by atoms with Crippen LogP contribution in [0.3, 0.4) is 0 Å². The SMILES string of the molecule is Cc1nc(-c2c(C)c(C)nn(C)c2=O)sc1C(=O)N1CCCCC1C(C)N. The van der Waals surface area contributed by atoms with Crippen molar-refractivity contribution in [2.75, 3.05) is 6.54 Å². The maximum Gasteiger partial charge on any atom is 0.277 e. The third kappa shape index (κ3) is 3.55. The molecule has 1 aliphatic rings. The molecular formula is C19H27N5O2S. The van der Waals surface area contributed by atoms with E-state index >= 15 is 0 Å². The molecule has 27 heavy (non-hydrogen) atoms.